The number of nitrogens with zero attached hydrogens (tertiary/aromatic N) is 6. The molecule has 1 fully saturated rings. The summed E-state index contributed by atoms with van der Waals surface area (Å²) >= 11 is 0. The molecule has 1 aromatic heterocycles. The van der Waals surface area contributed by atoms with Gasteiger partial charge in [-0.1, -0.05) is 41.5 Å². The lowest BCUT2D eigenvalue weighted by molar-refractivity contribution is -0.131. The summed E-state index contributed by atoms with van der Waals surface area (Å²) in [5.74, 6) is 0.461. The van der Waals surface area contributed by atoms with Crippen LogP contribution in [0.25, 0.3) is 5.69 Å². The van der Waals surface area contributed by atoms with Crippen LogP contribution in [0.2, 0.25) is 0 Å². The highest BCUT2D eigenvalue weighted by Crippen LogP contribution is 2.18. The summed E-state index contributed by atoms with van der Waals surface area (Å²) in [6.45, 7) is 2.49. The van der Waals surface area contributed by atoms with Gasteiger partial charge in [0.25, 0.3) is 0 Å². The molecule has 0 N–H and O–H groups in total. The number of benzene rings is 2. The van der Waals surface area contributed by atoms with Gasteiger partial charge in [-0.15, -0.1) is 0 Å². The number of carbonyl (C=O) groups is 1. The molecule has 0 atom stereocenters. The summed E-state index contributed by atoms with van der Waals surface area (Å²) < 4.78 is 15.4. The van der Waals surface area contributed by atoms with Crippen LogP contribution in [0, 0.1) is 5.82 Å². The predicted octanol–water partition coefficient (Wildman–Crippen LogP) is 2.08. The normalized spacial score (nSPS) is 14.3. The third-order valence-electron chi connectivity index (χ3n) is 4.94. The van der Waals surface area contributed by atoms with Gasteiger partial charge >= 0.3 is 0 Å². The molecule has 4 rings (SSSR count). The Hall–Kier alpha value is -3.29. The summed E-state index contributed by atoms with van der Waals surface area (Å²) in [6.07, 6.45) is 0.723. The number of para-hydroxylation sites is 1. The number of rotatable bonds is 5. The van der Waals surface area contributed by atoms with Gasteiger partial charge in [-0.3, -0.25) is 4.79 Å². The Labute approximate surface area is 162 Å². The Balaban J connectivity index is 1.35. The quantitative estimate of drug-likeness (QED) is 0.678. The Morgan fingerprint density at radius 3 is 2.43 bits per heavy atom. The predicted molar refractivity (Wildman–Crippen MR) is 103 cm³/mol. The van der Waals surface area contributed by atoms with E-state index in [1.165, 1.54) is 6.07 Å². The van der Waals surface area contributed by atoms with E-state index in [0.29, 0.717) is 50.5 Å². The number of anilines is 1. The maximum absolute atomic E-state index is 13.7. The van der Waals surface area contributed by atoms with Gasteiger partial charge in [0.15, 0.2) is 0 Å². The van der Waals surface area contributed by atoms with Crippen molar-refractivity contribution < 1.29 is 9.18 Å². The number of carbonyl (C=O) groups excluding carboxylic acids is 1. The van der Waals surface area contributed by atoms with Crippen molar-refractivity contribution in [2.45, 2.75) is 12.8 Å². The zero-order valence-corrected chi connectivity index (χ0v) is 15.4. The number of tetrazole rings is 1. The zero-order valence-electron chi connectivity index (χ0n) is 15.4. The molecule has 0 aliphatic carbocycles. The molecule has 0 unspecified atom stereocenters. The van der Waals surface area contributed by atoms with Crippen molar-refractivity contribution in [3.63, 3.8) is 0 Å². The molecular weight excluding hydrogens is 359 g/mol. The number of aromatic nitrogens is 4. The van der Waals surface area contributed by atoms with Gasteiger partial charge in [0, 0.05) is 32.6 Å². The van der Waals surface area contributed by atoms with Crippen molar-refractivity contribution in [2.75, 3.05) is 31.1 Å². The van der Waals surface area contributed by atoms with Crippen LogP contribution in [0.5, 0.6) is 0 Å². The molecule has 28 heavy (non-hydrogen) atoms. The van der Waals surface area contributed by atoms with Crippen LogP contribution in [0.15, 0.2) is 54.6 Å². The molecule has 7 nitrogen and oxygen atoms in total. The van der Waals surface area contributed by atoms with E-state index in [1.807, 2.05) is 35.2 Å². The highest BCUT2D eigenvalue weighted by Gasteiger charge is 2.24. The third kappa shape index (κ3) is 3.85. The fourth-order valence-corrected chi connectivity index (χ4v) is 3.37. The number of piperazine rings is 1. The van der Waals surface area contributed by atoms with Crippen LogP contribution in [0.4, 0.5) is 10.3 Å². The molecule has 3 aromatic rings. The highest BCUT2D eigenvalue weighted by atomic mass is 19.1. The zero-order chi connectivity index (χ0) is 19.3. The van der Waals surface area contributed by atoms with E-state index in [9.17, 15) is 9.18 Å². The molecule has 1 aliphatic rings. The van der Waals surface area contributed by atoms with Crippen molar-refractivity contribution in [1.29, 1.82) is 0 Å². The van der Waals surface area contributed by atoms with Gasteiger partial charge in [0.1, 0.15) is 5.82 Å². The number of amides is 1. The third-order valence-corrected chi connectivity index (χ3v) is 4.94. The van der Waals surface area contributed by atoms with Crippen LogP contribution >= 0.6 is 0 Å². The minimum absolute atomic E-state index is 0.0468. The summed E-state index contributed by atoms with van der Waals surface area (Å²) in [5, 5.41) is 12.0. The second-order valence-electron chi connectivity index (χ2n) is 6.69. The summed E-state index contributed by atoms with van der Waals surface area (Å²) in [7, 11) is 0. The first-order valence-corrected chi connectivity index (χ1v) is 9.32. The molecule has 2 heterocycles. The van der Waals surface area contributed by atoms with E-state index >= 15 is 0 Å². The maximum Gasteiger partial charge on any atom is 0.250 e. The molecule has 0 spiro atoms. The fraction of sp³-hybridized carbons (Fsp3) is 0.300. The standard InChI is InChI=1S/C20H21FN6O/c21-18-9-5-4-6-16(18)10-11-19(28)25-12-14-26(15-13-25)20-22-23-24-27(20)17-7-2-1-3-8-17/h1-9H,10-15H2. The summed E-state index contributed by atoms with van der Waals surface area (Å²) in [5.41, 5.74) is 1.47. The Morgan fingerprint density at radius 2 is 1.68 bits per heavy atom. The fourth-order valence-electron chi connectivity index (χ4n) is 3.37. The van der Waals surface area contributed by atoms with Gasteiger partial charge in [0.2, 0.25) is 11.9 Å². The van der Waals surface area contributed by atoms with Crippen LogP contribution in [-0.2, 0) is 11.2 Å². The molecule has 1 saturated heterocycles. The lowest BCUT2D eigenvalue weighted by Crippen LogP contribution is -2.49. The highest BCUT2D eigenvalue weighted by molar-refractivity contribution is 5.76. The van der Waals surface area contributed by atoms with Gasteiger partial charge in [0.05, 0.1) is 5.69 Å². The van der Waals surface area contributed by atoms with Crippen LogP contribution in [0.1, 0.15) is 12.0 Å². The van der Waals surface area contributed by atoms with E-state index in [4.69, 9.17) is 0 Å². The summed E-state index contributed by atoms with van der Waals surface area (Å²) in [4.78, 5) is 16.4. The molecular formula is C20H21FN6O. The average Bonchev–Trinajstić information content (AvgIpc) is 3.24. The van der Waals surface area contributed by atoms with Gasteiger partial charge in [-0.05, 0) is 40.6 Å². The number of hydrogen-bond acceptors (Lipinski definition) is 5. The first kappa shape index (κ1) is 18.1. The molecule has 0 bridgehead atoms. The minimum atomic E-state index is -0.257. The number of hydrogen-bond donors (Lipinski definition) is 0. The van der Waals surface area contributed by atoms with Crippen molar-refractivity contribution in [2.24, 2.45) is 0 Å². The van der Waals surface area contributed by atoms with Crippen LogP contribution in [-0.4, -0.2) is 57.2 Å². The van der Waals surface area contributed by atoms with Gasteiger partial charge < -0.3 is 9.80 Å². The molecule has 1 aliphatic heterocycles. The van der Waals surface area contributed by atoms with Crippen molar-refractivity contribution in [3.8, 4) is 5.69 Å². The van der Waals surface area contributed by atoms with E-state index in [-0.39, 0.29) is 11.7 Å². The Morgan fingerprint density at radius 1 is 0.964 bits per heavy atom. The number of halogens is 1. The van der Waals surface area contributed by atoms with E-state index in [0.717, 1.165) is 5.69 Å². The maximum atomic E-state index is 13.7. The van der Waals surface area contributed by atoms with E-state index < -0.39 is 0 Å². The lowest BCUT2D eigenvalue weighted by Gasteiger charge is -2.34. The largest absolute Gasteiger partial charge is 0.339 e. The average molecular weight is 380 g/mol. The molecule has 2 aromatic carbocycles. The van der Waals surface area contributed by atoms with Crippen LogP contribution in [0.3, 0.4) is 0 Å². The van der Waals surface area contributed by atoms with Gasteiger partial charge in [-0.2, -0.15) is 4.68 Å². The van der Waals surface area contributed by atoms with Crippen molar-refractivity contribution in [3.05, 3.63) is 66.0 Å². The molecule has 0 radical (unpaired) electrons. The number of aryl methyl sites for hydroxylation is 1. The molecule has 144 valence electrons. The molecule has 1 amide bonds. The Bertz CT molecular complexity index is 937. The monoisotopic (exact) mass is 380 g/mol. The smallest absolute Gasteiger partial charge is 0.250 e. The molecule has 8 heteroatoms. The van der Waals surface area contributed by atoms with Gasteiger partial charge in [-0.25, -0.2) is 4.39 Å². The first-order valence-electron chi connectivity index (χ1n) is 9.32. The van der Waals surface area contributed by atoms with Crippen molar-refractivity contribution >= 4 is 11.9 Å². The topological polar surface area (TPSA) is 67.2 Å². The van der Waals surface area contributed by atoms with E-state index in [2.05, 4.69) is 20.4 Å². The minimum Gasteiger partial charge on any atom is -0.339 e. The second kappa shape index (κ2) is 8.16. The summed E-state index contributed by atoms with van der Waals surface area (Å²) in [6, 6.07) is 16.3. The van der Waals surface area contributed by atoms with E-state index in [1.54, 1.807) is 22.9 Å². The SMILES string of the molecule is O=C(CCc1ccccc1F)N1CCN(c2nnnn2-c2ccccc2)CC1. The first-order chi connectivity index (χ1) is 13.7. The molecule has 0 saturated carbocycles. The lowest BCUT2D eigenvalue weighted by atomic mass is 10.1. The van der Waals surface area contributed by atoms with Crippen molar-refractivity contribution in [1.82, 2.24) is 25.1 Å². The Kier molecular flexibility index (Phi) is 5.27. The van der Waals surface area contributed by atoms with Crippen LogP contribution < -0.4 is 4.90 Å². The second-order valence-corrected chi connectivity index (χ2v) is 6.69.